The lowest BCUT2D eigenvalue weighted by atomic mass is 10.2. The largest absolute Gasteiger partial charge is 0.368 e. The summed E-state index contributed by atoms with van der Waals surface area (Å²) < 4.78 is 0. The zero-order valence-electron chi connectivity index (χ0n) is 11.5. The molecule has 0 spiro atoms. The van der Waals surface area contributed by atoms with Gasteiger partial charge in [-0.15, -0.1) is 0 Å². The zero-order valence-corrected chi connectivity index (χ0v) is 11.5. The molecule has 2 rings (SSSR count). The molecule has 1 aromatic carbocycles. The standard InChI is InChI=1S/C16H16N4O/c17-11-14-7-4-9-18-16(14)19-10-8-15(21)20-12-13-5-2-1-3-6-13/h1-7,9H,8,10,12H2,(H,18,19)(H,20,21). The topological polar surface area (TPSA) is 77.8 Å². The highest BCUT2D eigenvalue weighted by molar-refractivity contribution is 5.76. The van der Waals surface area contributed by atoms with Gasteiger partial charge in [-0.3, -0.25) is 4.79 Å². The van der Waals surface area contributed by atoms with Crippen LogP contribution in [0, 0.1) is 11.3 Å². The molecule has 0 saturated heterocycles. The van der Waals surface area contributed by atoms with Crippen LogP contribution in [-0.2, 0) is 11.3 Å². The number of pyridine rings is 1. The lowest BCUT2D eigenvalue weighted by molar-refractivity contribution is -0.121. The number of carbonyl (C=O) groups excluding carboxylic acids is 1. The van der Waals surface area contributed by atoms with E-state index in [1.165, 1.54) is 0 Å². The van der Waals surface area contributed by atoms with E-state index in [1.807, 2.05) is 30.3 Å². The first-order valence-electron chi connectivity index (χ1n) is 6.69. The molecule has 0 aliphatic heterocycles. The summed E-state index contributed by atoms with van der Waals surface area (Å²) in [5.41, 5.74) is 1.54. The second-order valence-corrected chi connectivity index (χ2v) is 4.45. The number of nitriles is 1. The number of rotatable bonds is 6. The Hall–Kier alpha value is -2.87. The van der Waals surface area contributed by atoms with Gasteiger partial charge in [0.2, 0.25) is 5.91 Å². The highest BCUT2D eigenvalue weighted by Crippen LogP contribution is 2.09. The Labute approximate surface area is 123 Å². The van der Waals surface area contributed by atoms with Crippen LogP contribution in [0.4, 0.5) is 5.82 Å². The summed E-state index contributed by atoms with van der Waals surface area (Å²) in [6.07, 6.45) is 1.94. The molecule has 0 radical (unpaired) electrons. The molecule has 1 amide bonds. The average molecular weight is 280 g/mol. The number of amides is 1. The van der Waals surface area contributed by atoms with Crippen LogP contribution < -0.4 is 10.6 Å². The molecule has 0 atom stereocenters. The SMILES string of the molecule is N#Cc1cccnc1NCCC(=O)NCc1ccccc1. The van der Waals surface area contributed by atoms with Crippen molar-refractivity contribution in [3.05, 3.63) is 59.8 Å². The summed E-state index contributed by atoms with van der Waals surface area (Å²) in [5.74, 6) is 0.469. The van der Waals surface area contributed by atoms with Crippen LogP contribution >= 0.6 is 0 Å². The van der Waals surface area contributed by atoms with E-state index in [4.69, 9.17) is 5.26 Å². The maximum atomic E-state index is 11.7. The first-order valence-corrected chi connectivity index (χ1v) is 6.69. The van der Waals surface area contributed by atoms with Crippen molar-refractivity contribution >= 4 is 11.7 Å². The molecule has 5 nitrogen and oxygen atoms in total. The number of aromatic nitrogens is 1. The van der Waals surface area contributed by atoms with E-state index in [1.54, 1.807) is 18.3 Å². The lowest BCUT2D eigenvalue weighted by Crippen LogP contribution is -2.25. The van der Waals surface area contributed by atoms with Gasteiger partial charge in [0.25, 0.3) is 0 Å². The van der Waals surface area contributed by atoms with Gasteiger partial charge in [0.05, 0.1) is 5.56 Å². The van der Waals surface area contributed by atoms with E-state index in [2.05, 4.69) is 21.7 Å². The van der Waals surface area contributed by atoms with Crippen molar-refractivity contribution in [3.63, 3.8) is 0 Å². The van der Waals surface area contributed by atoms with E-state index in [-0.39, 0.29) is 5.91 Å². The molecule has 5 heteroatoms. The van der Waals surface area contributed by atoms with Crippen molar-refractivity contribution in [3.8, 4) is 6.07 Å². The number of hydrogen-bond donors (Lipinski definition) is 2. The summed E-state index contributed by atoms with van der Waals surface area (Å²) >= 11 is 0. The van der Waals surface area contributed by atoms with Gasteiger partial charge in [0.1, 0.15) is 11.9 Å². The molecule has 0 aliphatic carbocycles. The molecule has 1 aromatic heterocycles. The predicted octanol–water partition coefficient (Wildman–Crippen LogP) is 2.07. The number of hydrogen-bond acceptors (Lipinski definition) is 4. The molecular formula is C16H16N4O. The van der Waals surface area contributed by atoms with E-state index in [0.717, 1.165) is 5.56 Å². The summed E-state index contributed by atoms with van der Waals surface area (Å²) in [5, 5.41) is 14.8. The van der Waals surface area contributed by atoms with E-state index >= 15 is 0 Å². The number of carbonyl (C=O) groups is 1. The van der Waals surface area contributed by atoms with Crippen LogP contribution in [0.1, 0.15) is 17.5 Å². The predicted molar refractivity (Wildman–Crippen MR) is 80.3 cm³/mol. The first kappa shape index (κ1) is 14.5. The molecule has 0 bridgehead atoms. The molecule has 0 saturated carbocycles. The second-order valence-electron chi connectivity index (χ2n) is 4.45. The normalized spacial score (nSPS) is 9.67. The Morgan fingerprint density at radius 3 is 2.76 bits per heavy atom. The third-order valence-electron chi connectivity index (χ3n) is 2.91. The molecule has 2 N–H and O–H groups in total. The third-order valence-corrected chi connectivity index (χ3v) is 2.91. The van der Waals surface area contributed by atoms with Crippen molar-refractivity contribution in [1.82, 2.24) is 10.3 Å². The zero-order chi connectivity index (χ0) is 14.9. The maximum absolute atomic E-state index is 11.7. The monoisotopic (exact) mass is 280 g/mol. The molecular weight excluding hydrogens is 264 g/mol. The van der Waals surface area contributed by atoms with Crippen LogP contribution in [0.3, 0.4) is 0 Å². The Kier molecular flexibility index (Phi) is 5.30. The van der Waals surface area contributed by atoms with Crippen molar-refractivity contribution in [2.75, 3.05) is 11.9 Å². The van der Waals surface area contributed by atoms with Crippen LogP contribution in [0.25, 0.3) is 0 Å². The number of nitrogens with one attached hydrogen (secondary N) is 2. The molecule has 1 heterocycles. The number of benzene rings is 1. The third kappa shape index (κ3) is 4.62. The highest BCUT2D eigenvalue weighted by Gasteiger charge is 2.04. The van der Waals surface area contributed by atoms with Crippen molar-refractivity contribution < 1.29 is 4.79 Å². The van der Waals surface area contributed by atoms with Crippen LogP contribution in [0.5, 0.6) is 0 Å². The minimum atomic E-state index is -0.0409. The number of nitrogens with zero attached hydrogens (tertiary/aromatic N) is 2. The smallest absolute Gasteiger partial charge is 0.222 e. The maximum Gasteiger partial charge on any atom is 0.222 e. The lowest BCUT2D eigenvalue weighted by Gasteiger charge is -2.08. The van der Waals surface area contributed by atoms with Gasteiger partial charge < -0.3 is 10.6 Å². The van der Waals surface area contributed by atoms with Crippen molar-refractivity contribution in [2.24, 2.45) is 0 Å². The van der Waals surface area contributed by atoms with Gasteiger partial charge in [0, 0.05) is 25.7 Å². The molecule has 0 unspecified atom stereocenters. The van der Waals surface area contributed by atoms with Gasteiger partial charge in [-0.1, -0.05) is 30.3 Å². The fourth-order valence-electron chi connectivity index (χ4n) is 1.82. The molecule has 0 aliphatic rings. The van der Waals surface area contributed by atoms with E-state index in [0.29, 0.717) is 30.9 Å². The summed E-state index contributed by atoms with van der Waals surface area (Å²) in [7, 11) is 0. The Morgan fingerprint density at radius 2 is 2.00 bits per heavy atom. The summed E-state index contributed by atoms with van der Waals surface area (Å²) in [6, 6.07) is 15.2. The first-order chi connectivity index (χ1) is 10.3. The minimum Gasteiger partial charge on any atom is -0.368 e. The quantitative estimate of drug-likeness (QED) is 0.849. The second kappa shape index (κ2) is 7.65. The van der Waals surface area contributed by atoms with Gasteiger partial charge in [-0.25, -0.2) is 4.98 Å². The van der Waals surface area contributed by atoms with Gasteiger partial charge in [-0.2, -0.15) is 5.26 Å². The number of anilines is 1. The Balaban J connectivity index is 1.73. The Morgan fingerprint density at radius 1 is 1.19 bits per heavy atom. The van der Waals surface area contributed by atoms with Gasteiger partial charge in [-0.05, 0) is 17.7 Å². The molecule has 0 fully saturated rings. The molecule has 2 aromatic rings. The molecule has 21 heavy (non-hydrogen) atoms. The summed E-state index contributed by atoms with van der Waals surface area (Å²) in [6.45, 7) is 0.957. The van der Waals surface area contributed by atoms with E-state index in [9.17, 15) is 4.79 Å². The Bertz CT molecular complexity index is 634. The van der Waals surface area contributed by atoms with Gasteiger partial charge in [0.15, 0.2) is 0 Å². The minimum absolute atomic E-state index is 0.0409. The summed E-state index contributed by atoms with van der Waals surface area (Å²) in [4.78, 5) is 15.8. The van der Waals surface area contributed by atoms with Gasteiger partial charge >= 0.3 is 0 Å². The van der Waals surface area contributed by atoms with Crippen LogP contribution in [0.2, 0.25) is 0 Å². The van der Waals surface area contributed by atoms with E-state index < -0.39 is 0 Å². The fourth-order valence-corrected chi connectivity index (χ4v) is 1.82. The van der Waals surface area contributed by atoms with Crippen LogP contribution in [0.15, 0.2) is 48.7 Å². The highest BCUT2D eigenvalue weighted by atomic mass is 16.1. The van der Waals surface area contributed by atoms with Crippen LogP contribution in [-0.4, -0.2) is 17.4 Å². The molecule has 106 valence electrons. The average Bonchev–Trinajstić information content (AvgIpc) is 2.54. The van der Waals surface area contributed by atoms with Crippen molar-refractivity contribution in [1.29, 1.82) is 5.26 Å². The van der Waals surface area contributed by atoms with Crippen molar-refractivity contribution in [2.45, 2.75) is 13.0 Å². The fraction of sp³-hybridized carbons (Fsp3) is 0.188.